The van der Waals surface area contributed by atoms with E-state index in [9.17, 15) is 4.79 Å². The Morgan fingerprint density at radius 1 is 1.22 bits per heavy atom. The molecule has 1 aliphatic rings. The van der Waals surface area contributed by atoms with E-state index in [1.807, 2.05) is 11.8 Å². The number of rotatable bonds is 6. The van der Waals surface area contributed by atoms with E-state index in [0.717, 1.165) is 13.0 Å². The second kappa shape index (κ2) is 6.80. The number of carbonyl (C=O) groups excluding carboxylic acids is 1. The van der Waals surface area contributed by atoms with Crippen LogP contribution in [0.4, 0.5) is 0 Å². The molecule has 0 bridgehead atoms. The van der Waals surface area contributed by atoms with Crippen LogP contribution in [0.15, 0.2) is 0 Å². The van der Waals surface area contributed by atoms with E-state index < -0.39 is 0 Å². The molecule has 3 nitrogen and oxygen atoms in total. The predicted octanol–water partition coefficient (Wildman–Crippen LogP) is 2.57. The van der Waals surface area contributed by atoms with E-state index in [-0.39, 0.29) is 18.1 Å². The molecule has 0 aliphatic carbocycles. The van der Waals surface area contributed by atoms with Crippen molar-refractivity contribution < 1.29 is 4.79 Å². The van der Waals surface area contributed by atoms with Gasteiger partial charge in [-0.15, -0.1) is 0 Å². The summed E-state index contributed by atoms with van der Waals surface area (Å²) in [6.07, 6.45) is 3.41. The smallest absolute Gasteiger partial charge is 0.241 e. The van der Waals surface area contributed by atoms with Gasteiger partial charge in [0.05, 0.1) is 12.2 Å². The van der Waals surface area contributed by atoms with Gasteiger partial charge in [0, 0.05) is 11.8 Å². The molecule has 0 aromatic heterocycles. The van der Waals surface area contributed by atoms with Crippen molar-refractivity contribution in [2.45, 2.75) is 58.5 Å². The van der Waals surface area contributed by atoms with E-state index in [0.29, 0.717) is 17.1 Å². The molecular formula is C14H28N2OS. The maximum atomic E-state index is 12.4. The molecular weight excluding hydrogens is 244 g/mol. The van der Waals surface area contributed by atoms with Crippen LogP contribution in [0.1, 0.15) is 41.0 Å². The Morgan fingerprint density at radius 3 is 2.28 bits per heavy atom. The van der Waals surface area contributed by atoms with Gasteiger partial charge in [0.15, 0.2) is 0 Å². The van der Waals surface area contributed by atoms with Gasteiger partial charge >= 0.3 is 0 Å². The number of nitrogens with zero attached hydrogens (tertiary/aromatic N) is 1. The fourth-order valence-electron chi connectivity index (χ4n) is 2.38. The van der Waals surface area contributed by atoms with Gasteiger partial charge in [-0.3, -0.25) is 10.1 Å². The highest BCUT2D eigenvalue weighted by molar-refractivity contribution is 7.99. The zero-order valence-corrected chi connectivity index (χ0v) is 13.4. The third kappa shape index (κ3) is 3.64. The maximum absolute atomic E-state index is 12.4. The topological polar surface area (TPSA) is 32.3 Å². The van der Waals surface area contributed by atoms with Crippen molar-refractivity contribution in [3.8, 4) is 0 Å². The van der Waals surface area contributed by atoms with Crippen molar-refractivity contribution in [1.82, 2.24) is 10.2 Å². The van der Waals surface area contributed by atoms with Crippen LogP contribution in [-0.4, -0.2) is 41.1 Å². The lowest BCUT2D eigenvalue weighted by Gasteiger charge is -2.28. The van der Waals surface area contributed by atoms with Crippen LogP contribution < -0.4 is 5.32 Å². The largest absolute Gasteiger partial charge is 0.325 e. The van der Waals surface area contributed by atoms with Gasteiger partial charge in [0.1, 0.15) is 0 Å². The molecule has 1 rings (SSSR count). The van der Waals surface area contributed by atoms with Crippen LogP contribution in [0.3, 0.4) is 0 Å². The summed E-state index contributed by atoms with van der Waals surface area (Å²) >= 11 is 1.87. The molecule has 0 radical (unpaired) electrons. The van der Waals surface area contributed by atoms with Gasteiger partial charge < -0.3 is 4.90 Å². The van der Waals surface area contributed by atoms with E-state index in [1.165, 1.54) is 0 Å². The molecule has 0 spiro atoms. The highest BCUT2D eigenvalue weighted by Gasteiger charge is 2.41. The van der Waals surface area contributed by atoms with Crippen molar-refractivity contribution in [1.29, 1.82) is 0 Å². The summed E-state index contributed by atoms with van der Waals surface area (Å²) in [4.78, 5) is 14.5. The minimum absolute atomic E-state index is 0.00184. The first-order valence-corrected chi connectivity index (χ1v) is 8.26. The molecule has 0 aromatic rings. The van der Waals surface area contributed by atoms with E-state index >= 15 is 0 Å². The van der Waals surface area contributed by atoms with Crippen molar-refractivity contribution in [3.63, 3.8) is 0 Å². The lowest BCUT2D eigenvalue weighted by atomic mass is 10.0. The Bertz CT molecular complexity index is 281. The molecule has 1 saturated heterocycles. The molecule has 1 aliphatic heterocycles. The molecule has 1 N–H and O–H groups in total. The Labute approximate surface area is 116 Å². The number of carbonyl (C=O) groups is 1. The number of nitrogens with one attached hydrogen (secondary N) is 1. The Kier molecular flexibility index (Phi) is 5.99. The zero-order chi connectivity index (χ0) is 13.9. The summed E-state index contributed by atoms with van der Waals surface area (Å²) in [5.74, 6) is 1.11. The third-order valence-electron chi connectivity index (χ3n) is 3.71. The summed E-state index contributed by atoms with van der Waals surface area (Å²) in [7, 11) is 0. The van der Waals surface area contributed by atoms with Gasteiger partial charge in [-0.2, -0.15) is 11.8 Å². The monoisotopic (exact) mass is 272 g/mol. The zero-order valence-electron chi connectivity index (χ0n) is 12.6. The molecule has 1 fully saturated rings. The highest BCUT2D eigenvalue weighted by Crippen LogP contribution is 2.23. The molecule has 0 aromatic carbocycles. The fraction of sp³-hybridized carbons (Fsp3) is 0.929. The van der Waals surface area contributed by atoms with Crippen LogP contribution in [0.5, 0.6) is 0 Å². The summed E-state index contributed by atoms with van der Waals surface area (Å²) in [5.41, 5.74) is 0. The number of hydrogen-bond donors (Lipinski definition) is 1. The van der Waals surface area contributed by atoms with Gasteiger partial charge in [-0.1, -0.05) is 34.6 Å². The first-order valence-electron chi connectivity index (χ1n) is 6.97. The summed E-state index contributed by atoms with van der Waals surface area (Å²) in [6, 6.07) is 0.00184. The number of hydrogen-bond acceptors (Lipinski definition) is 3. The normalized spacial score (nSPS) is 26.4. The van der Waals surface area contributed by atoms with E-state index in [1.54, 1.807) is 0 Å². The van der Waals surface area contributed by atoms with Gasteiger partial charge in [0.2, 0.25) is 5.91 Å². The third-order valence-corrected chi connectivity index (χ3v) is 4.75. The second-order valence-electron chi connectivity index (χ2n) is 5.94. The molecule has 0 saturated carbocycles. The van der Waals surface area contributed by atoms with Crippen LogP contribution in [0.25, 0.3) is 0 Å². The Balaban J connectivity index is 2.69. The predicted molar refractivity (Wildman–Crippen MR) is 79.7 cm³/mol. The van der Waals surface area contributed by atoms with Crippen LogP contribution >= 0.6 is 11.8 Å². The Morgan fingerprint density at radius 2 is 1.83 bits per heavy atom. The quantitative estimate of drug-likeness (QED) is 0.806. The van der Waals surface area contributed by atoms with Gasteiger partial charge in [0.25, 0.3) is 0 Å². The fourth-order valence-corrected chi connectivity index (χ4v) is 2.72. The average Bonchev–Trinajstić information content (AvgIpc) is 2.63. The van der Waals surface area contributed by atoms with E-state index in [4.69, 9.17) is 0 Å². The first kappa shape index (κ1) is 15.8. The van der Waals surface area contributed by atoms with E-state index in [2.05, 4.69) is 51.1 Å². The van der Waals surface area contributed by atoms with Gasteiger partial charge in [-0.25, -0.2) is 0 Å². The van der Waals surface area contributed by atoms with Crippen molar-refractivity contribution in [2.24, 2.45) is 11.8 Å². The van der Waals surface area contributed by atoms with Crippen molar-refractivity contribution in [3.05, 3.63) is 0 Å². The number of amides is 1. The minimum Gasteiger partial charge on any atom is -0.325 e. The van der Waals surface area contributed by atoms with Crippen molar-refractivity contribution in [2.75, 3.05) is 12.8 Å². The second-order valence-corrected chi connectivity index (χ2v) is 7.22. The molecule has 4 heteroatoms. The standard InChI is InChI=1S/C14H28N2OS/c1-9(2)12-14(17)16(8-7-11(5)18-6)13(15-12)10(3)4/h9-13,15H,7-8H2,1-6H3. The molecule has 1 heterocycles. The summed E-state index contributed by atoms with van der Waals surface area (Å²) in [5, 5.41) is 4.12. The maximum Gasteiger partial charge on any atom is 0.241 e. The molecule has 18 heavy (non-hydrogen) atoms. The molecule has 3 atom stereocenters. The van der Waals surface area contributed by atoms with Gasteiger partial charge in [-0.05, 0) is 24.5 Å². The average molecular weight is 272 g/mol. The molecule has 3 unspecified atom stereocenters. The van der Waals surface area contributed by atoms with Crippen LogP contribution in [-0.2, 0) is 4.79 Å². The SMILES string of the molecule is CSC(C)CCN1C(=O)C(C(C)C)NC1C(C)C. The number of thioether (sulfide) groups is 1. The first-order chi connectivity index (χ1) is 8.38. The minimum atomic E-state index is 0.00184. The molecule has 1 amide bonds. The van der Waals surface area contributed by atoms with Crippen molar-refractivity contribution >= 4 is 17.7 Å². The Hall–Kier alpha value is -0.220. The lowest BCUT2D eigenvalue weighted by molar-refractivity contribution is -0.131. The highest BCUT2D eigenvalue weighted by atomic mass is 32.2. The molecule has 106 valence electrons. The van der Waals surface area contributed by atoms with Crippen LogP contribution in [0.2, 0.25) is 0 Å². The van der Waals surface area contributed by atoms with Crippen LogP contribution in [0, 0.1) is 11.8 Å². The lowest BCUT2D eigenvalue weighted by Crippen LogP contribution is -2.42. The summed E-state index contributed by atoms with van der Waals surface area (Å²) in [6.45, 7) is 11.7. The summed E-state index contributed by atoms with van der Waals surface area (Å²) < 4.78 is 0.